The van der Waals surface area contributed by atoms with Crippen molar-refractivity contribution < 1.29 is 4.79 Å². The fraction of sp³-hybridized carbons (Fsp3) is 0.500. The number of carbonyl (C=O) groups is 1. The van der Waals surface area contributed by atoms with E-state index >= 15 is 0 Å². The van der Waals surface area contributed by atoms with Crippen molar-refractivity contribution in [2.45, 2.75) is 33.1 Å². The fourth-order valence-electron chi connectivity index (χ4n) is 2.41. The highest BCUT2D eigenvalue weighted by molar-refractivity contribution is 5.96. The molecule has 0 aromatic carbocycles. The Morgan fingerprint density at radius 2 is 2.11 bits per heavy atom. The third-order valence-electron chi connectivity index (χ3n) is 3.49. The van der Waals surface area contributed by atoms with Crippen molar-refractivity contribution in [3.8, 4) is 0 Å². The molecule has 0 unspecified atom stereocenters. The summed E-state index contributed by atoms with van der Waals surface area (Å²) in [5.74, 6) is 0.728. The van der Waals surface area contributed by atoms with E-state index in [0.29, 0.717) is 17.4 Å². The van der Waals surface area contributed by atoms with Gasteiger partial charge in [0.2, 0.25) is 0 Å². The first-order valence-corrected chi connectivity index (χ1v) is 6.46. The number of nitrogens with zero attached hydrogens (tertiary/aromatic N) is 2. The molecular formula is C14H19N3O. The first-order valence-electron chi connectivity index (χ1n) is 6.46. The molecule has 96 valence electrons. The minimum Gasteiger partial charge on any atom is -0.267 e. The molecule has 1 aliphatic rings. The second-order valence-corrected chi connectivity index (χ2v) is 4.95. The van der Waals surface area contributed by atoms with E-state index in [0.717, 1.165) is 18.6 Å². The Kier molecular flexibility index (Phi) is 4.07. The van der Waals surface area contributed by atoms with E-state index < -0.39 is 0 Å². The summed E-state index contributed by atoms with van der Waals surface area (Å²) in [4.78, 5) is 15.8. The standard InChI is InChI=1S/C14H19N3O/c1-10-5-3-6-11(2)13(10)16-17-14(18)12-7-4-8-15-9-12/h4,7-11H,3,5-6H2,1-2H3,(H,17,18)/t10-,11+. The Bertz CT molecular complexity index is 430. The van der Waals surface area contributed by atoms with Crippen LogP contribution in [0.5, 0.6) is 0 Å². The predicted molar refractivity (Wildman–Crippen MR) is 71.3 cm³/mol. The van der Waals surface area contributed by atoms with Crippen LogP contribution in [0.2, 0.25) is 0 Å². The van der Waals surface area contributed by atoms with Crippen LogP contribution in [0, 0.1) is 11.8 Å². The highest BCUT2D eigenvalue weighted by atomic mass is 16.2. The van der Waals surface area contributed by atoms with Crippen molar-refractivity contribution in [3.63, 3.8) is 0 Å². The summed E-state index contributed by atoms with van der Waals surface area (Å²) in [5, 5.41) is 4.31. The molecule has 1 fully saturated rings. The number of hydrogen-bond acceptors (Lipinski definition) is 3. The topological polar surface area (TPSA) is 54.4 Å². The quantitative estimate of drug-likeness (QED) is 0.814. The summed E-state index contributed by atoms with van der Waals surface area (Å²) < 4.78 is 0. The first-order chi connectivity index (χ1) is 8.68. The molecule has 1 aromatic heterocycles. The van der Waals surface area contributed by atoms with Gasteiger partial charge < -0.3 is 0 Å². The minimum absolute atomic E-state index is 0.194. The minimum atomic E-state index is -0.194. The lowest BCUT2D eigenvalue weighted by Crippen LogP contribution is -2.29. The highest BCUT2D eigenvalue weighted by Crippen LogP contribution is 2.25. The molecule has 4 nitrogen and oxygen atoms in total. The molecular weight excluding hydrogens is 226 g/mol. The number of hydrogen-bond donors (Lipinski definition) is 1. The molecule has 1 N–H and O–H groups in total. The summed E-state index contributed by atoms with van der Waals surface area (Å²) >= 11 is 0. The molecule has 0 radical (unpaired) electrons. The zero-order valence-corrected chi connectivity index (χ0v) is 10.9. The lowest BCUT2D eigenvalue weighted by atomic mass is 9.81. The smallest absolute Gasteiger partial charge is 0.267 e. The maximum Gasteiger partial charge on any atom is 0.272 e. The number of nitrogens with one attached hydrogen (secondary N) is 1. The van der Waals surface area contributed by atoms with Gasteiger partial charge >= 0.3 is 0 Å². The summed E-state index contributed by atoms with van der Waals surface area (Å²) in [5.41, 5.74) is 4.29. The lowest BCUT2D eigenvalue weighted by molar-refractivity contribution is 0.0954. The van der Waals surface area contributed by atoms with Crippen molar-refractivity contribution in [1.82, 2.24) is 10.4 Å². The Labute approximate surface area is 108 Å². The zero-order chi connectivity index (χ0) is 13.0. The maximum absolute atomic E-state index is 11.8. The number of aromatic nitrogens is 1. The van der Waals surface area contributed by atoms with E-state index in [1.165, 1.54) is 6.42 Å². The van der Waals surface area contributed by atoms with Gasteiger partial charge in [0.05, 0.1) is 5.56 Å². The molecule has 1 amide bonds. The number of carbonyl (C=O) groups excluding carboxylic acids is 1. The molecule has 0 aliphatic heterocycles. The van der Waals surface area contributed by atoms with Gasteiger partial charge in [0, 0.05) is 18.1 Å². The molecule has 1 aromatic rings. The summed E-state index contributed by atoms with van der Waals surface area (Å²) in [7, 11) is 0. The molecule has 0 saturated heterocycles. The number of hydrazone groups is 1. The lowest BCUT2D eigenvalue weighted by Gasteiger charge is -2.26. The molecule has 0 bridgehead atoms. The molecule has 0 spiro atoms. The van der Waals surface area contributed by atoms with Gasteiger partial charge in [-0.05, 0) is 36.8 Å². The van der Waals surface area contributed by atoms with Crippen LogP contribution in [-0.4, -0.2) is 16.6 Å². The largest absolute Gasteiger partial charge is 0.272 e. The van der Waals surface area contributed by atoms with Gasteiger partial charge in [-0.2, -0.15) is 5.10 Å². The molecule has 1 aliphatic carbocycles. The number of pyridine rings is 1. The normalized spacial score (nSPS) is 26.0. The van der Waals surface area contributed by atoms with E-state index in [1.54, 1.807) is 24.5 Å². The van der Waals surface area contributed by atoms with E-state index in [2.05, 4.69) is 29.4 Å². The van der Waals surface area contributed by atoms with Gasteiger partial charge in [0.15, 0.2) is 0 Å². The van der Waals surface area contributed by atoms with E-state index in [9.17, 15) is 4.79 Å². The van der Waals surface area contributed by atoms with Gasteiger partial charge in [0.1, 0.15) is 0 Å². The molecule has 4 heteroatoms. The maximum atomic E-state index is 11.8. The van der Waals surface area contributed by atoms with Crippen molar-refractivity contribution >= 4 is 11.6 Å². The van der Waals surface area contributed by atoms with Crippen LogP contribution in [0.3, 0.4) is 0 Å². The van der Waals surface area contributed by atoms with Crippen LogP contribution in [0.4, 0.5) is 0 Å². The SMILES string of the molecule is C[C@@H]1CCC[C@H](C)C1=NNC(=O)c1cccnc1. The van der Waals surface area contributed by atoms with E-state index in [1.807, 2.05) is 0 Å². The van der Waals surface area contributed by atoms with Crippen LogP contribution in [0.25, 0.3) is 0 Å². The summed E-state index contributed by atoms with van der Waals surface area (Å²) in [6.07, 6.45) is 6.76. The van der Waals surface area contributed by atoms with Gasteiger partial charge in [-0.1, -0.05) is 20.3 Å². The van der Waals surface area contributed by atoms with Crippen molar-refractivity contribution in [1.29, 1.82) is 0 Å². The molecule has 2 rings (SSSR count). The van der Waals surface area contributed by atoms with Crippen molar-refractivity contribution in [2.75, 3.05) is 0 Å². The Morgan fingerprint density at radius 1 is 1.39 bits per heavy atom. The first kappa shape index (κ1) is 12.7. The average Bonchev–Trinajstić information content (AvgIpc) is 2.39. The van der Waals surface area contributed by atoms with Crippen LogP contribution < -0.4 is 5.43 Å². The van der Waals surface area contributed by atoms with Crippen LogP contribution in [0.15, 0.2) is 29.6 Å². The third-order valence-corrected chi connectivity index (χ3v) is 3.49. The van der Waals surface area contributed by atoms with Gasteiger partial charge in [0.25, 0.3) is 5.91 Å². The summed E-state index contributed by atoms with van der Waals surface area (Å²) in [6.45, 7) is 4.34. The van der Waals surface area contributed by atoms with Gasteiger partial charge in [-0.15, -0.1) is 0 Å². The molecule has 18 heavy (non-hydrogen) atoms. The van der Waals surface area contributed by atoms with E-state index in [-0.39, 0.29) is 5.91 Å². The molecule has 1 saturated carbocycles. The van der Waals surface area contributed by atoms with Gasteiger partial charge in [-0.3, -0.25) is 9.78 Å². The molecule has 1 heterocycles. The third kappa shape index (κ3) is 2.94. The second-order valence-electron chi connectivity index (χ2n) is 4.95. The number of amides is 1. The monoisotopic (exact) mass is 245 g/mol. The van der Waals surface area contributed by atoms with Crippen molar-refractivity contribution in [2.24, 2.45) is 16.9 Å². The fourth-order valence-corrected chi connectivity index (χ4v) is 2.41. The van der Waals surface area contributed by atoms with Crippen LogP contribution in [-0.2, 0) is 0 Å². The average molecular weight is 245 g/mol. The molecule has 2 atom stereocenters. The second kappa shape index (κ2) is 5.76. The predicted octanol–water partition coefficient (Wildman–Crippen LogP) is 2.62. The zero-order valence-electron chi connectivity index (χ0n) is 10.9. The van der Waals surface area contributed by atoms with Gasteiger partial charge in [-0.25, -0.2) is 5.43 Å². The van der Waals surface area contributed by atoms with Crippen molar-refractivity contribution in [3.05, 3.63) is 30.1 Å². The Hall–Kier alpha value is -1.71. The number of rotatable bonds is 2. The van der Waals surface area contributed by atoms with E-state index in [4.69, 9.17) is 0 Å². The summed E-state index contributed by atoms with van der Waals surface area (Å²) in [6, 6.07) is 3.48. The Balaban J connectivity index is 2.03. The van der Waals surface area contributed by atoms with Crippen LogP contribution >= 0.6 is 0 Å². The highest BCUT2D eigenvalue weighted by Gasteiger charge is 2.23. The Morgan fingerprint density at radius 3 is 2.72 bits per heavy atom. The van der Waals surface area contributed by atoms with Crippen LogP contribution in [0.1, 0.15) is 43.5 Å².